The second-order valence-corrected chi connectivity index (χ2v) is 6.48. The van der Waals surface area contributed by atoms with Gasteiger partial charge in [-0.3, -0.25) is 14.4 Å². The van der Waals surface area contributed by atoms with Gasteiger partial charge in [-0.15, -0.1) is 5.06 Å². The molecule has 0 aliphatic rings. The molecule has 140 valence electrons. The number of hydrogen-bond donors (Lipinski definition) is 2. The van der Waals surface area contributed by atoms with Gasteiger partial charge in [-0.05, 0) is 40.8 Å². The first-order valence-corrected chi connectivity index (χ1v) is 8.49. The van der Waals surface area contributed by atoms with E-state index in [-0.39, 0.29) is 18.1 Å². The fourth-order valence-electron chi connectivity index (χ4n) is 2.19. The van der Waals surface area contributed by atoms with Gasteiger partial charge in [0.05, 0.1) is 18.9 Å². The first kappa shape index (κ1) is 20.3. The Bertz CT molecular complexity index is 841. The summed E-state index contributed by atoms with van der Waals surface area (Å²) in [5.74, 6) is -3.41. The van der Waals surface area contributed by atoms with Crippen LogP contribution in [0.15, 0.2) is 24.4 Å². The number of anilines is 2. The second-order valence-electron chi connectivity index (χ2n) is 5.24. The number of benzene rings is 1. The molecule has 0 unspecified atom stereocenters. The maximum Gasteiger partial charge on any atom is 0.291 e. The molecule has 0 aliphatic carbocycles. The van der Waals surface area contributed by atoms with Crippen molar-refractivity contribution in [1.82, 2.24) is 9.63 Å². The van der Waals surface area contributed by atoms with E-state index in [0.717, 1.165) is 13.1 Å². The van der Waals surface area contributed by atoms with E-state index < -0.39 is 35.6 Å². The highest BCUT2D eigenvalue weighted by Gasteiger charge is 2.29. The zero-order valence-corrected chi connectivity index (χ0v) is 16.1. The van der Waals surface area contributed by atoms with E-state index >= 15 is 0 Å². The Morgan fingerprint density at radius 1 is 1.35 bits per heavy atom. The van der Waals surface area contributed by atoms with E-state index in [2.05, 4.69) is 5.32 Å². The molecular weight excluding hydrogens is 463 g/mol. The van der Waals surface area contributed by atoms with Gasteiger partial charge < -0.3 is 15.0 Å². The van der Waals surface area contributed by atoms with Crippen LogP contribution < -0.4 is 5.32 Å². The molecular formula is C16H16F2IN3O4. The molecule has 2 rings (SSSR count). The van der Waals surface area contributed by atoms with Crippen molar-refractivity contribution in [2.24, 2.45) is 7.05 Å². The zero-order valence-electron chi connectivity index (χ0n) is 13.9. The quantitative estimate of drug-likeness (QED) is 0.492. The Balaban J connectivity index is 2.43. The molecule has 0 bridgehead atoms. The number of aromatic nitrogens is 1. The van der Waals surface area contributed by atoms with Gasteiger partial charge in [0.25, 0.3) is 11.8 Å². The van der Waals surface area contributed by atoms with E-state index in [0.29, 0.717) is 8.63 Å². The van der Waals surface area contributed by atoms with Crippen molar-refractivity contribution in [1.29, 1.82) is 0 Å². The van der Waals surface area contributed by atoms with Gasteiger partial charge in [0.1, 0.15) is 17.2 Å². The third-order valence-electron chi connectivity index (χ3n) is 3.32. The van der Waals surface area contributed by atoms with Gasteiger partial charge in [-0.2, -0.15) is 0 Å². The predicted octanol–water partition coefficient (Wildman–Crippen LogP) is 2.56. The molecule has 1 aromatic carbocycles. The molecule has 0 saturated heterocycles. The number of nitrogens with zero attached hydrogens (tertiary/aromatic N) is 2. The molecule has 2 N–H and O–H groups in total. The third-order valence-corrected chi connectivity index (χ3v) is 3.99. The highest BCUT2D eigenvalue weighted by Crippen LogP contribution is 2.28. The molecule has 1 heterocycles. The molecule has 0 spiro atoms. The molecule has 0 radical (unpaired) electrons. The highest BCUT2D eigenvalue weighted by molar-refractivity contribution is 14.1. The van der Waals surface area contributed by atoms with Gasteiger partial charge >= 0.3 is 0 Å². The van der Waals surface area contributed by atoms with Crippen molar-refractivity contribution in [2.75, 3.05) is 18.5 Å². The second kappa shape index (κ2) is 8.56. The van der Waals surface area contributed by atoms with Gasteiger partial charge in [-0.25, -0.2) is 8.78 Å². The number of amides is 2. The number of aliphatic hydroxyl groups excluding tert-OH is 1. The van der Waals surface area contributed by atoms with Gasteiger partial charge in [0.15, 0.2) is 5.82 Å². The molecule has 7 nitrogen and oxygen atoms in total. The standard InChI is InChI=1S/C16H16F2IN3O4/c1-9(24)22(26-6-5-23)16(25)14-12(18)8-21(2)15(14)20-13-4-3-10(19)7-11(13)17/h3-4,7-8,20,23H,5-6H2,1-2H3. The topological polar surface area (TPSA) is 83.8 Å². The Kier molecular flexibility index (Phi) is 6.67. The average molecular weight is 479 g/mol. The highest BCUT2D eigenvalue weighted by atomic mass is 127. The Morgan fingerprint density at radius 2 is 2.04 bits per heavy atom. The van der Waals surface area contributed by atoms with Crippen LogP contribution in [-0.4, -0.2) is 39.8 Å². The lowest BCUT2D eigenvalue weighted by Gasteiger charge is -2.19. The summed E-state index contributed by atoms with van der Waals surface area (Å²) in [4.78, 5) is 29.1. The smallest absolute Gasteiger partial charge is 0.291 e. The number of imide groups is 1. The van der Waals surface area contributed by atoms with Crippen molar-refractivity contribution in [2.45, 2.75) is 6.92 Å². The summed E-state index contributed by atoms with van der Waals surface area (Å²) < 4.78 is 30.3. The predicted molar refractivity (Wildman–Crippen MR) is 97.7 cm³/mol. The molecule has 1 aromatic heterocycles. The summed E-state index contributed by atoms with van der Waals surface area (Å²) in [5, 5.41) is 11.8. The van der Waals surface area contributed by atoms with E-state index in [1.807, 2.05) is 22.6 Å². The molecule has 26 heavy (non-hydrogen) atoms. The lowest BCUT2D eigenvalue weighted by Crippen LogP contribution is -2.36. The van der Waals surface area contributed by atoms with Crippen LogP contribution in [0.25, 0.3) is 0 Å². The largest absolute Gasteiger partial charge is 0.394 e. The fraction of sp³-hybridized carbons (Fsp3) is 0.250. The lowest BCUT2D eigenvalue weighted by molar-refractivity contribution is -0.169. The molecule has 0 aliphatic heterocycles. The maximum absolute atomic E-state index is 14.3. The van der Waals surface area contributed by atoms with Gasteiger partial charge in [-0.1, -0.05) is 0 Å². The van der Waals surface area contributed by atoms with Crippen LogP contribution >= 0.6 is 22.6 Å². The number of carbonyl (C=O) groups excluding carboxylic acids is 2. The normalized spacial score (nSPS) is 10.7. The average Bonchev–Trinajstić information content (AvgIpc) is 2.83. The summed E-state index contributed by atoms with van der Waals surface area (Å²) in [6.45, 7) is 0.295. The van der Waals surface area contributed by atoms with Crippen molar-refractivity contribution >= 4 is 45.9 Å². The van der Waals surface area contributed by atoms with Crippen molar-refractivity contribution in [3.8, 4) is 0 Å². The van der Waals surface area contributed by atoms with Crippen LogP contribution in [0.3, 0.4) is 0 Å². The van der Waals surface area contributed by atoms with Crippen LogP contribution in [0.4, 0.5) is 20.3 Å². The number of hydroxylamine groups is 2. The minimum Gasteiger partial charge on any atom is -0.394 e. The number of rotatable bonds is 6. The summed E-state index contributed by atoms with van der Waals surface area (Å²) in [6.07, 6.45) is 1.02. The number of aryl methyl sites for hydroxylation is 1. The molecule has 0 saturated carbocycles. The fourth-order valence-corrected chi connectivity index (χ4v) is 2.64. The minimum absolute atomic E-state index is 0.0336. The molecule has 2 aromatic rings. The van der Waals surface area contributed by atoms with E-state index in [9.17, 15) is 18.4 Å². The summed E-state index contributed by atoms with van der Waals surface area (Å²) in [6, 6.07) is 4.36. The number of nitrogens with one attached hydrogen (secondary N) is 1. The van der Waals surface area contributed by atoms with Crippen LogP contribution in [0.1, 0.15) is 17.3 Å². The molecule has 10 heteroatoms. The third kappa shape index (κ3) is 4.37. The van der Waals surface area contributed by atoms with Crippen molar-refractivity contribution in [3.63, 3.8) is 0 Å². The van der Waals surface area contributed by atoms with Crippen molar-refractivity contribution < 1.29 is 28.3 Å². The van der Waals surface area contributed by atoms with E-state index in [1.54, 1.807) is 6.07 Å². The molecule has 0 fully saturated rings. The Labute approximate surface area is 161 Å². The zero-order chi connectivity index (χ0) is 19.4. The number of hydrogen-bond acceptors (Lipinski definition) is 5. The first-order valence-electron chi connectivity index (χ1n) is 7.42. The number of aliphatic hydroxyl groups is 1. The first-order chi connectivity index (χ1) is 12.3. The van der Waals surface area contributed by atoms with Gasteiger partial charge in [0, 0.05) is 23.7 Å². The summed E-state index contributed by atoms with van der Waals surface area (Å²) in [5.41, 5.74) is -0.454. The van der Waals surface area contributed by atoms with Crippen molar-refractivity contribution in [3.05, 3.63) is 45.2 Å². The maximum atomic E-state index is 14.3. The summed E-state index contributed by atoms with van der Waals surface area (Å²) >= 11 is 1.94. The number of halogens is 3. The van der Waals surface area contributed by atoms with Gasteiger partial charge in [0.2, 0.25) is 0 Å². The van der Waals surface area contributed by atoms with Crippen LogP contribution in [0.2, 0.25) is 0 Å². The van der Waals surface area contributed by atoms with E-state index in [4.69, 9.17) is 9.94 Å². The van der Waals surface area contributed by atoms with E-state index in [1.165, 1.54) is 23.7 Å². The monoisotopic (exact) mass is 479 g/mol. The molecule has 0 atom stereocenters. The lowest BCUT2D eigenvalue weighted by atomic mass is 10.2. The molecule has 2 amide bonds. The van der Waals surface area contributed by atoms with Crippen LogP contribution in [-0.2, 0) is 16.7 Å². The SMILES string of the molecule is CC(=O)N(OCCO)C(=O)c1c(F)cn(C)c1Nc1ccc(I)cc1F. The van der Waals surface area contributed by atoms with Crippen LogP contribution in [0, 0.1) is 15.2 Å². The Morgan fingerprint density at radius 3 is 2.62 bits per heavy atom. The number of carbonyl (C=O) groups is 2. The minimum atomic E-state index is -1.07. The Hall–Kier alpha value is -2.05. The van der Waals surface area contributed by atoms with Crippen LogP contribution in [0.5, 0.6) is 0 Å². The summed E-state index contributed by atoms with van der Waals surface area (Å²) in [7, 11) is 1.46.